The fourth-order valence-corrected chi connectivity index (χ4v) is 6.70. The summed E-state index contributed by atoms with van der Waals surface area (Å²) in [6.45, 7) is 13.8. The predicted molar refractivity (Wildman–Crippen MR) is 82.3 cm³/mol. The van der Waals surface area contributed by atoms with Gasteiger partial charge in [-0.15, -0.1) is 0 Å². The van der Waals surface area contributed by atoms with Gasteiger partial charge < -0.3 is 0 Å². The van der Waals surface area contributed by atoms with Crippen molar-refractivity contribution in [1.29, 1.82) is 0 Å². The van der Waals surface area contributed by atoms with Gasteiger partial charge in [-0.25, -0.2) is 0 Å². The first-order valence-electron chi connectivity index (χ1n) is 7.05. The van der Waals surface area contributed by atoms with E-state index in [0.29, 0.717) is 5.54 Å². The minimum absolute atomic E-state index is 0.601. The summed E-state index contributed by atoms with van der Waals surface area (Å²) in [6, 6.07) is 0. The Kier molecular flexibility index (Phi) is 5.09. The van der Waals surface area contributed by atoms with Crippen LogP contribution in [0.3, 0.4) is 0 Å². The maximum Gasteiger partial charge on any atom is 0.161 e. The molecule has 0 aromatic rings. The van der Waals surface area contributed by atoms with E-state index < -0.39 is 7.38 Å². The van der Waals surface area contributed by atoms with Gasteiger partial charge in [-0.05, 0) is 36.8 Å². The van der Waals surface area contributed by atoms with Crippen molar-refractivity contribution < 1.29 is 0 Å². The zero-order chi connectivity index (χ0) is 13.2. The van der Waals surface area contributed by atoms with Crippen LogP contribution in [0.2, 0.25) is 18.6 Å². The van der Waals surface area contributed by atoms with E-state index in [9.17, 15) is 0 Å². The predicted octanol–water partition coefficient (Wildman–Crippen LogP) is 6.05. The molecule has 0 fully saturated rings. The van der Waals surface area contributed by atoms with Crippen LogP contribution in [0.1, 0.15) is 53.4 Å². The summed E-state index contributed by atoms with van der Waals surface area (Å²) in [5, 5.41) is 0. The highest BCUT2D eigenvalue weighted by molar-refractivity contribution is 7.20. The largest absolute Gasteiger partial charge is 0.167 e. The lowest BCUT2D eigenvalue weighted by Crippen LogP contribution is -2.27. The molecule has 0 saturated heterocycles. The van der Waals surface area contributed by atoms with Gasteiger partial charge in [0.05, 0.1) is 0 Å². The van der Waals surface area contributed by atoms with E-state index >= 15 is 0 Å². The van der Waals surface area contributed by atoms with Gasteiger partial charge in [0.1, 0.15) is 0 Å². The highest BCUT2D eigenvalue weighted by atomic mass is 35.6. The van der Waals surface area contributed by atoms with E-state index in [4.69, 9.17) is 11.1 Å². The lowest BCUT2D eigenvalue weighted by atomic mass is 9.99. The van der Waals surface area contributed by atoms with Gasteiger partial charge in [0.2, 0.25) is 0 Å². The number of allylic oxidation sites excluding steroid dienone is 4. The molecule has 0 bridgehead atoms. The SMILES string of the molecule is CCC1=C(CC)C([Si](C)(C)Cl)C(CC)=C1CC. The summed E-state index contributed by atoms with van der Waals surface area (Å²) in [5.41, 5.74) is 7.20. The van der Waals surface area contributed by atoms with Crippen LogP contribution in [0.25, 0.3) is 0 Å². The van der Waals surface area contributed by atoms with Crippen LogP contribution in [0.4, 0.5) is 0 Å². The monoisotopic (exact) mass is 270 g/mol. The quantitative estimate of drug-likeness (QED) is 0.422. The second-order valence-corrected chi connectivity index (χ2v) is 12.0. The number of hydrogen-bond donors (Lipinski definition) is 0. The lowest BCUT2D eigenvalue weighted by Gasteiger charge is -2.28. The van der Waals surface area contributed by atoms with Gasteiger partial charge in [-0.3, -0.25) is 0 Å². The maximum absolute atomic E-state index is 6.80. The summed E-state index contributed by atoms with van der Waals surface area (Å²) in [7, 11) is -1.65. The summed E-state index contributed by atoms with van der Waals surface area (Å²) >= 11 is 6.80. The molecule has 1 rings (SSSR count). The number of halogens is 1. The van der Waals surface area contributed by atoms with E-state index in [1.165, 1.54) is 25.7 Å². The first-order chi connectivity index (χ1) is 7.92. The van der Waals surface area contributed by atoms with Crippen LogP contribution in [0.15, 0.2) is 22.3 Å². The molecule has 0 aromatic carbocycles. The molecular formula is C15H27ClSi. The summed E-state index contributed by atoms with van der Waals surface area (Å²) in [6.07, 6.45) is 4.69. The van der Waals surface area contributed by atoms with Crippen LogP contribution in [-0.2, 0) is 0 Å². The van der Waals surface area contributed by atoms with Crippen LogP contribution in [0.5, 0.6) is 0 Å². The third kappa shape index (κ3) is 2.71. The molecule has 0 amide bonds. The minimum atomic E-state index is -1.65. The zero-order valence-corrected chi connectivity index (χ0v) is 14.0. The molecule has 0 aromatic heterocycles. The Bertz CT molecular complexity index is 316. The Morgan fingerprint density at radius 3 is 1.35 bits per heavy atom. The fourth-order valence-electron chi connectivity index (χ4n) is 3.49. The third-order valence-electron chi connectivity index (χ3n) is 3.99. The van der Waals surface area contributed by atoms with Gasteiger partial charge >= 0.3 is 0 Å². The third-order valence-corrected chi connectivity index (χ3v) is 6.72. The molecule has 0 unspecified atom stereocenters. The van der Waals surface area contributed by atoms with Gasteiger partial charge in [-0.1, -0.05) is 51.9 Å². The molecule has 17 heavy (non-hydrogen) atoms. The van der Waals surface area contributed by atoms with Crippen molar-refractivity contribution in [3.05, 3.63) is 22.3 Å². The Morgan fingerprint density at radius 1 is 0.824 bits per heavy atom. The molecule has 0 nitrogen and oxygen atoms in total. The minimum Gasteiger partial charge on any atom is -0.167 e. The molecule has 1 aliphatic carbocycles. The highest BCUT2D eigenvalue weighted by Gasteiger charge is 2.40. The second kappa shape index (κ2) is 5.75. The first kappa shape index (κ1) is 15.0. The van der Waals surface area contributed by atoms with Gasteiger partial charge in [0, 0.05) is 5.54 Å². The molecule has 0 spiro atoms. The van der Waals surface area contributed by atoms with E-state index in [-0.39, 0.29) is 0 Å². The van der Waals surface area contributed by atoms with Crippen molar-refractivity contribution >= 4 is 18.5 Å². The molecule has 0 saturated carbocycles. The maximum atomic E-state index is 6.80. The van der Waals surface area contributed by atoms with E-state index in [1.54, 1.807) is 22.3 Å². The van der Waals surface area contributed by atoms with Crippen LogP contribution >= 0.6 is 11.1 Å². The standard InChI is InChI=1S/C15H27ClSi/c1-7-11-12(8-2)14(10-4)15(13(11)9-3)17(5,6)16/h15H,7-10H2,1-6H3. The Labute approximate surface area is 113 Å². The molecule has 0 aliphatic heterocycles. The molecular weight excluding hydrogens is 244 g/mol. The Hall–Kier alpha value is -0.0131. The van der Waals surface area contributed by atoms with Crippen LogP contribution in [-0.4, -0.2) is 7.38 Å². The smallest absolute Gasteiger partial charge is 0.161 e. The number of rotatable bonds is 5. The molecule has 0 N–H and O–H groups in total. The van der Waals surface area contributed by atoms with Crippen molar-refractivity contribution in [1.82, 2.24) is 0 Å². The highest BCUT2D eigenvalue weighted by Crippen LogP contribution is 2.52. The molecule has 1 aliphatic rings. The van der Waals surface area contributed by atoms with E-state index in [1.807, 2.05) is 0 Å². The van der Waals surface area contributed by atoms with Crippen molar-refractivity contribution in [3.8, 4) is 0 Å². The molecule has 2 heteroatoms. The molecule has 0 radical (unpaired) electrons. The summed E-state index contributed by atoms with van der Waals surface area (Å²) < 4.78 is 0. The lowest BCUT2D eigenvalue weighted by molar-refractivity contribution is 0.921. The van der Waals surface area contributed by atoms with Gasteiger partial charge in [0.25, 0.3) is 0 Å². The average Bonchev–Trinajstić information content (AvgIpc) is 2.60. The summed E-state index contributed by atoms with van der Waals surface area (Å²) in [5.74, 6) is 0. The van der Waals surface area contributed by atoms with Gasteiger partial charge in [-0.2, -0.15) is 11.1 Å². The number of hydrogen-bond acceptors (Lipinski definition) is 0. The zero-order valence-electron chi connectivity index (χ0n) is 12.3. The fraction of sp³-hybridized carbons (Fsp3) is 0.733. The van der Waals surface area contributed by atoms with Crippen molar-refractivity contribution in [2.24, 2.45) is 0 Å². The van der Waals surface area contributed by atoms with Crippen molar-refractivity contribution in [3.63, 3.8) is 0 Å². The second-order valence-electron chi connectivity index (χ2n) is 5.42. The van der Waals surface area contributed by atoms with Crippen molar-refractivity contribution in [2.45, 2.75) is 72.0 Å². The van der Waals surface area contributed by atoms with E-state index in [0.717, 1.165) is 0 Å². The first-order valence-corrected chi connectivity index (χ1v) is 11.1. The summed E-state index contributed by atoms with van der Waals surface area (Å²) in [4.78, 5) is 0. The van der Waals surface area contributed by atoms with Crippen LogP contribution in [0, 0.1) is 0 Å². The molecule has 0 atom stereocenters. The average molecular weight is 271 g/mol. The van der Waals surface area contributed by atoms with Crippen LogP contribution < -0.4 is 0 Å². The Morgan fingerprint density at radius 2 is 1.18 bits per heavy atom. The van der Waals surface area contributed by atoms with E-state index in [2.05, 4.69) is 40.8 Å². The normalized spacial score (nSPS) is 18.5. The Balaban J connectivity index is 3.36. The topological polar surface area (TPSA) is 0 Å². The van der Waals surface area contributed by atoms with Crippen molar-refractivity contribution in [2.75, 3.05) is 0 Å². The molecule has 0 heterocycles. The van der Waals surface area contributed by atoms with Gasteiger partial charge in [0.15, 0.2) is 7.38 Å². The molecule has 98 valence electrons.